The molecule has 1 nitrogen and oxygen atoms in total. The third kappa shape index (κ3) is 3.96. The normalized spacial score (nSPS) is 10.8. The van der Waals surface area contributed by atoms with Gasteiger partial charge >= 0.3 is 0 Å². The van der Waals surface area contributed by atoms with Crippen molar-refractivity contribution in [3.05, 3.63) is 36.6 Å². The molecule has 0 saturated carbocycles. The Morgan fingerprint density at radius 2 is 2.20 bits per heavy atom. The van der Waals surface area contributed by atoms with Gasteiger partial charge in [-0.2, -0.15) is 0 Å². The van der Waals surface area contributed by atoms with Crippen molar-refractivity contribution in [3.8, 4) is 0 Å². The Morgan fingerprint density at radius 3 is 2.60 bits per heavy atom. The summed E-state index contributed by atoms with van der Waals surface area (Å²) in [5, 5.41) is 0. The lowest BCUT2D eigenvalue weighted by Crippen LogP contribution is -1.92. The van der Waals surface area contributed by atoms with E-state index in [4.69, 9.17) is 4.74 Å². The molecule has 0 amide bonds. The van der Waals surface area contributed by atoms with E-state index in [-0.39, 0.29) is 0 Å². The zero-order chi connectivity index (χ0) is 7.98. The van der Waals surface area contributed by atoms with Crippen molar-refractivity contribution < 1.29 is 4.74 Å². The van der Waals surface area contributed by atoms with Gasteiger partial charge < -0.3 is 4.74 Å². The molecule has 0 bridgehead atoms. The minimum absolute atomic E-state index is 0.541. The monoisotopic (exact) mass is 138 g/mol. The van der Waals surface area contributed by atoms with Crippen LogP contribution < -0.4 is 0 Å². The van der Waals surface area contributed by atoms with Crippen LogP contribution in [0.15, 0.2) is 36.6 Å². The maximum Gasteiger partial charge on any atom is 0.112 e. The zero-order valence-electron chi connectivity index (χ0n) is 6.68. The molecule has 0 atom stereocenters. The van der Waals surface area contributed by atoms with E-state index >= 15 is 0 Å². The van der Waals surface area contributed by atoms with E-state index in [2.05, 4.69) is 13.2 Å². The molecule has 0 spiro atoms. The van der Waals surface area contributed by atoms with E-state index in [1.54, 1.807) is 6.08 Å². The molecular formula is C9H14O. The molecule has 10 heavy (non-hydrogen) atoms. The Hall–Kier alpha value is -0.980. The minimum atomic E-state index is 0.541. The molecule has 0 N–H and O–H groups in total. The molecule has 0 aromatic carbocycles. The van der Waals surface area contributed by atoms with E-state index in [1.807, 2.05) is 19.9 Å². The second-order valence-corrected chi connectivity index (χ2v) is 2.05. The van der Waals surface area contributed by atoms with E-state index in [1.165, 1.54) is 0 Å². The fourth-order valence-electron chi connectivity index (χ4n) is 0.349. The van der Waals surface area contributed by atoms with Crippen LogP contribution in [0.25, 0.3) is 0 Å². The van der Waals surface area contributed by atoms with Crippen molar-refractivity contribution in [3.63, 3.8) is 0 Å². The summed E-state index contributed by atoms with van der Waals surface area (Å²) in [5.74, 6) is 0.919. The van der Waals surface area contributed by atoms with Gasteiger partial charge in [0.25, 0.3) is 0 Å². The van der Waals surface area contributed by atoms with Crippen molar-refractivity contribution in [2.45, 2.75) is 13.8 Å². The first-order valence-electron chi connectivity index (χ1n) is 3.26. The highest BCUT2D eigenvalue weighted by molar-refractivity contribution is 5.11. The third-order valence-electron chi connectivity index (χ3n) is 1.18. The Labute approximate surface area is 62.7 Å². The molecule has 0 aromatic rings. The Bertz CT molecular complexity index is 152. The van der Waals surface area contributed by atoms with Crippen LogP contribution in [0.2, 0.25) is 0 Å². The van der Waals surface area contributed by atoms with Gasteiger partial charge in [-0.05, 0) is 25.5 Å². The molecule has 0 unspecified atom stereocenters. The highest BCUT2D eigenvalue weighted by Gasteiger charge is 1.88. The van der Waals surface area contributed by atoms with Crippen LogP contribution in [-0.2, 0) is 4.74 Å². The molecule has 0 rings (SSSR count). The average molecular weight is 138 g/mol. The smallest absolute Gasteiger partial charge is 0.112 e. The molecule has 0 aliphatic rings. The first kappa shape index (κ1) is 9.02. The Morgan fingerprint density at radius 1 is 1.60 bits per heavy atom. The van der Waals surface area contributed by atoms with Crippen LogP contribution in [0.5, 0.6) is 0 Å². The number of hydrogen-bond acceptors (Lipinski definition) is 1. The van der Waals surface area contributed by atoms with Gasteiger partial charge in [-0.3, -0.25) is 0 Å². The Kier molecular flexibility index (Phi) is 4.38. The highest BCUT2D eigenvalue weighted by Crippen LogP contribution is 1.99. The average Bonchev–Trinajstić information content (AvgIpc) is 1.99. The summed E-state index contributed by atoms with van der Waals surface area (Å²) in [7, 11) is 0. The van der Waals surface area contributed by atoms with Crippen LogP contribution in [0.4, 0.5) is 0 Å². The second kappa shape index (κ2) is 4.86. The summed E-state index contributed by atoms with van der Waals surface area (Å²) in [4.78, 5) is 0. The number of hydrogen-bond donors (Lipinski definition) is 0. The molecule has 56 valence electrons. The van der Waals surface area contributed by atoms with Gasteiger partial charge in [0.15, 0.2) is 0 Å². The lowest BCUT2D eigenvalue weighted by atomic mass is 10.3. The van der Waals surface area contributed by atoms with Gasteiger partial charge in [-0.15, -0.1) is 0 Å². The minimum Gasteiger partial charge on any atom is -0.494 e. The van der Waals surface area contributed by atoms with Crippen LogP contribution in [-0.4, -0.2) is 6.61 Å². The van der Waals surface area contributed by atoms with Gasteiger partial charge in [-0.1, -0.05) is 19.2 Å². The summed E-state index contributed by atoms with van der Waals surface area (Å²) in [6.07, 6.45) is 3.61. The maximum absolute atomic E-state index is 5.23. The van der Waals surface area contributed by atoms with Crippen LogP contribution in [0, 0.1) is 0 Å². The number of allylic oxidation sites excluding steroid dienone is 2. The quantitative estimate of drug-likeness (QED) is 0.428. The first-order chi connectivity index (χ1) is 4.70. The topological polar surface area (TPSA) is 9.23 Å². The molecule has 0 fully saturated rings. The van der Waals surface area contributed by atoms with Crippen LogP contribution >= 0.6 is 0 Å². The van der Waals surface area contributed by atoms with E-state index in [9.17, 15) is 0 Å². The van der Waals surface area contributed by atoms with Gasteiger partial charge in [0.1, 0.15) is 6.61 Å². The maximum atomic E-state index is 5.23. The SMILES string of the molecule is C=CC(=C)CO/C(C)=C/C. The predicted molar refractivity (Wildman–Crippen MR) is 44.7 cm³/mol. The molecule has 0 aliphatic heterocycles. The van der Waals surface area contributed by atoms with Crippen molar-refractivity contribution in [2.75, 3.05) is 6.61 Å². The molecule has 0 radical (unpaired) electrons. The molecule has 1 heteroatoms. The summed E-state index contributed by atoms with van der Waals surface area (Å²) in [6, 6.07) is 0. The fourth-order valence-corrected chi connectivity index (χ4v) is 0.349. The van der Waals surface area contributed by atoms with Crippen LogP contribution in [0.3, 0.4) is 0 Å². The molecule has 0 saturated heterocycles. The van der Waals surface area contributed by atoms with Crippen molar-refractivity contribution in [1.82, 2.24) is 0 Å². The Balaban J connectivity index is 3.55. The second-order valence-electron chi connectivity index (χ2n) is 2.05. The van der Waals surface area contributed by atoms with Gasteiger partial charge in [-0.25, -0.2) is 0 Å². The summed E-state index contributed by atoms with van der Waals surface area (Å²) >= 11 is 0. The lowest BCUT2D eigenvalue weighted by Gasteiger charge is -2.04. The van der Waals surface area contributed by atoms with Crippen LogP contribution in [0.1, 0.15) is 13.8 Å². The standard InChI is InChI=1S/C9H14O/c1-5-8(3)7-10-9(4)6-2/h5-6H,1,3,7H2,2,4H3/b9-6+. The number of rotatable bonds is 4. The molecule has 0 aliphatic carbocycles. The van der Waals surface area contributed by atoms with E-state index in [0.29, 0.717) is 6.61 Å². The van der Waals surface area contributed by atoms with Gasteiger partial charge in [0.2, 0.25) is 0 Å². The van der Waals surface area contributed by atoms with Crippen molar-refractivity contribution >= 4 is 0 Å². The third-order valence-corrected chi connectivity index (χ3v) is 1.18. The summed E-state index contributed by atoms with van der Waals surface area (Å²) in [6.45, 7) is 11.7. The van der Waals surface area contributed by atoms with Crippen molar-refractivity contribution in [1.29, 1.82) is 0 Å². The van der Waals surface area contributed by atoms with E-state index < -0.39 is 0 Å². The highest BCUT2D eigenvalue weighted by atomic mass is 16.5. The zero-order valence-corrected chi connectivity index (χ0v) is 6.68. The van der Waals surface area contributed by atoms with Gasteiger partial charge in [0.05, 0.1) is 5.76 Å². The predicted octanol–water partition coefficient (Wildman–Crippen LogP) is 2.67. The largest absolute Gasteiger partial charge is 0.494 e. The van der Waals surface area contributed by atoms with Crippen molar-refractivity contribution in [2.24, 2.45) is 0 Å². The lowest BCUT2D eigenvalue weighted by molar-refractivity contribution is 0.244. The van der Waals surface area contributed by atoms with E-state index in [0.717, 1.165) is 11.3 Å². The summed E-state index contributed by atoms with van der Waals surface area (Å²) in [5.41, 5.74) is 0.904. The summed E-state index contributed by atoms with van der Waals surface area (Å²) < 4.78 is 5.23. The fraction of sp³-hybridized carbons (Fsp3) is 0.333. The molecule has 0 heterocycles. The number of ether oxygens (including phenoxy) is 1. The van der Waals surface area contributed by atoms with Gasteiger partial charge in [0, 0.05) is 0 Å². The molecular weight excluding hydrogens is 124 g/mol. The molecule has 0 aromatic heterocycles. The first-order valence-corrected chi connectivity index (χ1v) is 3.26.